The van der Waals surface area contributed by atoms with Crippen molar-refractivity contribution < 1.29 is 24.2 Å². The summed E-state index contributed by atoms with van der Waals surface area (Å²) in [5, 5.41) is 13.2. The highest BCUT2D eigenvalue weighted by Crippen LogP contribution is 2.20. The summed E-state index contributed by atoms with van der Waals surface area (Å²) in [7, 11) is 4.30. The number of aromatic hydroxyl groups is 1. The number of aryl methyl sites for hydroxylation is 1. The van der Waals surface area contributed by atoms with Crippen LogP contribution in [0.2, 0.25) is 0 Å². The summed E-state index contributed by atoms with van der Waals surface area (Å²) < 4.78 is 12.1. The number of benzene rings is 3. The van der Waals surface area contributed by atoms with Gasteiger partial charge in [0.05, 0.1) is 31.7 Å². The molecule has 0 fully saturated rings. The summed E-state index contributed by atoms with van der Waals surface area (Å²) in [5.41, 5.74) is 0.768. The van der Waals surface area contributed by atoms with Gasteiger partial charge in [0.15, 0.2) is 0 Å². The van der Waals surface area contributed by atoms with Gasteiger partial charge in [-0.25, -0.2) is 9.59 Å². The molecule has 0 saturated carbocycles. The number of phenols is 1. The number of fused-ring (bicyclic) bond motifs is 1. The van der Waals surface area contributed by atoms with Crippen LogP contribution in [-0.4, -0.2) is 40.3 Å². The number of rotatable bonds is 7. The van der Waals surface area contributed by atoms with Crippen molar-refractivity contribution in [1.29, 1.82) is 0 Å². The van der Waals surface area contributed by atoms with Crippen molar-refractivity contribution in [2.75, 3.05) is 14.2 Å². The number of carbonyl (C=O) groups excluding carboxylic acids is 2. The highest BCUT2D eigenvalue weighted by molar-refractivity contribution is 5.97. The second-order valence-electron chi connectivity index (χ2n) is 8.34. The van der Waals surface area contributed by atoms with Crippen LogP contribution >= 0.6 is 0 Å². The molecule has 0 spiro atoms. The van der Waals surface area contributed by atoms with Gasteiger partial charge in [-0.05, 0) is 53.6 Å². The smallest absolute Gasteiger partial charge is 0.341 e. The Bertz CT molecular complexity index is 1620. The lowest BCUT2D eigenvalue weighted by Crippen LogP contribution is -2.39. The number of ether oxygens (including phenoxy) is 2. The lowest BCUT2D eigenvalue weighted by Gasteiger charge is -2.13. The summed E-state index contributed by atoms with van der Waals surface area (Å²) >= 11 is 0. The van der Waals surface area contributed by atoms with Crippen molar-refractivity contribution in [3.05, 3.63) is 104 Å². The number of phenolic OH excluding ortho intramolecular Hbond substituents is 1. The van der Waals surface area contributed by atoms with E-state index < -0.39 is 17.2 Å². The van der Waals surface area contributed by atoms with Crippen LogP contribution in [0.4, 0.5) is 0 Å². The summed E-state index contributed by atoms with van der Waals surface area (Å²) in [5.74, 6) is -0.701. The number of nitrogens with zero attached hydrogens (tertiary/aromatic N) is 2. The average molecular weight is 504 g/mol. The maximum atomic E-state index is 13.3. The maximum absolute atomic E-state index is 13.3. The molecule has 4 aromatic rings. The molecular weight excluding hydrogens is 478 g/mol. The maximum Gasteiger partial charge on any atom is 0.341 e. The molecule has 0 unspecified atom stereocenters. The van der Waals surface area contributed by atoms with Crippen LogP contribution < -0.4 is 21.3 Å². The van der Waals surface area contributed by atoms with E-state index in [2.05, 4.69) is 10.1 Å². The Labute approximate surface area is 211 Å². The molecule has 0 saturated heterocycles. The van der Waals surface area contributed by atoms with E-state index in [0.717, 1.165) is 10.1 Å². The first kappa shape index (κ1) is 25.2. The third kappa shape index (κ3) is 5.08. The largest absolute Gasteiger partial charge is 0.507 e. The summed E-state index contributed by atoms with van der Waals surface area (Å²) in [4.78, 5) is 50.7. The van der Waals surface area contributed by atoms with Gasteiger partial charge >= 0.3 is 11.7 Å². The molecule has 10 heteroatoms. The third-order valence-electron chi connectivity index (χ3n) is 6.03. The molecule has 1 amide bonds. The molecule has 1 heterocycles. The van der Waals surface area contributed by atoms with E-state index in [-0.39, 0.29) is 41.3 Å². The van der Waals surface area contributed by atoms with Gasteiger partial charge in [0.25, 0.3) is 11.5 Å². The predicted molar refractivity (Wildman–Crippen MR) is 136 cm³/mol. The molecule has 190 valence electrons. The van der Waals surface area contributed by atoms with Crippen LogP contribution in [0, 0.1) is 0 Å². The van der Waals surface area contributed by atoms with E-state index in [1.807, 2.05) is 12.1 Å². The van der Waals surface area contributed by atoms with Crippen LogP contribution in [0.15, 0.2) is 70.3 Å². The van der Waals surface area contributed by atoms with Gasteiger partial charge in [0, 0.05) is 19.2 Å². The zero-order valence-corrected chi connectivity index (χ0v) is 20.5. The number of carbonyl (C=O) groups is 2. The zero-order chi connectivity index (χ0) is 26.7. The Morgan fingerprint density at radius 1 is 0.946 bits per heavy atom. The topological polar surface area (TPSA) is 129 Å². The molecule has 0 aliphatic rings. The lowest BCUT2D eigenvalue weighted by atomic mass is 10.1. The molecule has 3 aromatic carbocycles. The van der Waals surface area contributed by atoms with Crippen LogP contribution in [0.3, 0.4) is 0 Å². The van der Waals surface area contributed by atoms with Gasteiger partial charge in [-0.3, -0.25) is 18.7 Å². The van der Waals surface area contributed by atoms with E-state index >= 15 is 0 Å². The number of methoxy groups -OCH3 is 2. The normalized spacial score (nSPS) is 10.8. The lowest BCUT2D eigenvalue weighted by molar-refractivity contribution is 0.0597. The van der Waals surface area contributed by atoms with E-state index in [1.165, 1.54) is 43.0 Å². The van der Waals surface area contributed by atoms with Crippen LogP contribution in [0.5, 0.6) is 11.5 Å². The first-order valence-corrected chi connectivity index (χ1v) is 11.3. The number of esters is 1. The molecule has 0 radical (unpaired) electrons. The van der Waals surface area contributed by atoms with Gasteiger partial charge in [-0.2, -0.15) is 0 Å². The third-order valence-corrected chi connectivity index (χ3v) is 6.03. The minimum atomic E-state index is -0.708. The van der Waals surface area contributed by atoms with Gasteiger partial charge in [-0.15, -0.1) is 0 Å². The highest BCUT2D eigenvalue weighted by atomic mass is 16.5. The molecule has 37 heavy (non-hydrogen) atoms. The average Bonchev–Trinajstić information content (AvgIpc) is 2.92. The Morgan fingerprint density at radius 2 is 1.65 bits per heavy atom. The number of amides is 1. The van der Waals surface area contributed by atoms with Gasteiger partial charge in [0.1, 0.15) is 17.1 Å². The number of hydrogen-bond acceptors (Lipinski definition) is 7. The van der Waals surface area contributed by atoms with E-state index in [9.17, 15) is 24.3 Å². The fourth-order valence-corrected chi connectivity index (χ4v) is 3.97. The Balaban J connectivity index is 1.64. The molecule has 4 rings (SSSR count). The standard InChI is InChI=1S/C27H25N3O7/c1-29-22-11-7-18(24(32)28-14-16-4-8-19(36-2)9-5-16)13-21(22)25(33)30(27(29)35)15-17-6-10-20(23(31)12-17)26(34)37-3/h4-13,31H,14-15H2,1-3H3,(H,28,32). The Kier molecular flexibility index (Phi) is 7.10. The van der Waals surface area contributed by atoms with Crippen molar-refractivity contribution in [3.63, 3.8) is 0 Å². The Hall–Kier alpha value is -4.86. The molecular formula is C27H25N3O7. The van der Waals surface area contributed by atoms with Gasteiger partial charge < -0.3 is 19.9 Å². The molecule has 0 aliphatic heterocycles. The second-order valence-corrected chi connectivity index (χ2v) is 8.34. The molecule has 0 bridgehead atoms. The number of nitrogens with one attached hydrogen (secondary N) is 1. The molecule has 0 atom stereocenters. The number of hydrogen-bond donors (Lipinski definition) is 2. The van der Waals surface area contributed by atoms with Crippen molar-refractivity contribution in [2.45, 2.75) is 13.1 Å². The molecule has 0 aliphatic carbocycles. The second kappa shape index (κ2) is 10.4. The van der Waals surface area contributed by atoms with Crippen LogP contribution in [0.1, 0.15) is 31.8 Å². The van der Waals surface area contributed by atoms with E-state index in [0.29, 0.717) is 16.8 Å². The fraction of sp³-hybridized carbons (Fsp3) is 0.185. The highest BCUT2D eigenvalue weighted by Gasteiger charge is 2.16. The minimum absolute atomic E-state index is 0.0321. The zero-order valence-electron chi connectivity index (χ0n) is 20.5. The van der Waals surface area contributed by atoms with Gasteiger partial charge in [-0.1, -0.05) is 18.2 Å². The summed E-state index contributed by atoms with van der Waals surface area (Å²) in [6.45, 7) is 0.133. The summed E-state index contributed by atoms with van der Waals surface area (Å²) in [6.07, 6.45) is 0. The summed E-state index contributed by atoms with van der Waals surface area (Å²) in [6, 6.07) is 16.0. The molecule has 10 nitrogen and oxygen atoms in total. The first-order valence-electron chi connectivity index (χ1n) is 11.3. The minimum Gasteiger partial charge on any atom is -0.507 e. The number of aromatic nitrogens is 2. The van der Waals surface area contributed by atoms with Crippen molar-refractivity contribution in [2.24, 2.45) is 7.05 Å². The molecule has 1 aromatic heterocycles. The Morgan fingerprint density at radius 3 is 2.30 bits per heavy atom. The quantitative estimate of drug-likeness (QED) is 0.370. The first-order chi connectivity index (χ1) is 17.7. The van der Waals surface area contributed by atoms with Crippen LogP contribution in [-0.2, 0) is 24.9 Å². The van der Waals surface area contributed by atoms with Gasteiger partial charge in [0.2, 0.25) is 0 Å². The molecule has 2 N–H and O–H groups in total. The monoisotopic (exact) mass is 503 g/mol. The van der Waals surface area contributed by atoms with Crippen molar-refractivity contribution >= 4 is 22.8 Å². The van der Waals surface area contributed by atoms with Crippen LogP contribution in [0.25, 0.3) is 10.9 Å². The SMILES string of the molecule is COC(=O)c1ccc(Cn2c(=O)c3cc(C(=O)NCc4ccc(OC)cc4)ccc3n(C)c2=O)cc1O. The van der Waals surface area contributed by atoms with Crippen molar-refractivity contribution in [1.82, 2.24) is 14.5 Å². The van der Waals surface area contributed by atoms with E-state index in [1.54, 1.807) is 31.4 Å². The predicted octanol–water partition coefficient (Wildman–Crippen LogP) is 2.18. The van der Waals surface area contributed by atoms with Crippen molar-refractivity contribution in [3.8, 4) is 11.5 Å². The van der Waals surface area contributed by atoms with E-state index in [4.69, 9.17) is 4.74 Å². The fourth-order valence-electron chi connectivity index (χ4n) is 3.97.